The molecule has 2 aromatic rings. The molecule has 7 nitrogen and oxygen atoms in total. The molecule has 0 radical (unpaired) electrons. The maximum Gasteiger partial charge on any atom is 0.319 e. The Labute approximate surface area is 148 Å². The number of nitrogens with one attached hydrogen (secondary N) is 2. The second kappa shape index (κ2) is 8.53. The molecule has 1 aliphatic rings. The number of urea groups is 1. The third-order valence-electron chi connectivity index (χ3n) is 4.29. The van der Waals surface area contributed by atoms with E-state index in [4.69, 9.17) is 4.74 Å². The van der Waals surface area contributed by atoms with Gasteiger partial charge in [-0.25, -0.2) is 4.79 Å². The van der Waals surface area contributed by atoms with E-state index >= 15 is 0 Å². The van der Waals surface area contributed by atoms with Crippen molar-refractivity contribution in [2.45, 2.75) is 19.4 Å². The van der Waals surface area contributed by atoms with Crippen molar-refractivity contribution >= 4 is 17.4 Å². The van der Waals surface area contributed by atoms with Crippen LogP contribution >= 0.6 is 0 Å². The molecule has 2 amide bonds. The van der Waals surface area contributed by atoms with Gasteiger partial charge >= 0.3 is 6.03 Å². The molecule has 0 saturated heterocycles. The van der Waals surface area contributed by atoms with E-state index in [-0.39, 0.29) is 6.03 Å². The molecule has 7 heteroatoms. The highest BCUT2D eigenvalue weighted by Crippen LogP contribution is 2.27. The van der Waals surface area contributed by atoms with Gasteiger partial charge in [-0.2, -0.15) is 5.10 Å². The number of amides is 2. The molecule has 134 valence electrons. The lowest BCUT2D eigenvalue weighted by Gasteiger charge is -2.19. The molecule has 0 fully saturated rings. The minimum Gasteiger partial charge on any atom is -0.383 e. The van der Waals surface area contributed by atoms with Crippen LogP contribution in [0.3, 0.4) is 0 Å². The van der Waals surface area contributed by atoms with Crippen molar-refractivity contribution in [2.75, 3.05) is 43.6 Å². The summed E-state index contributed by atoms with van der Waals surface area (Å²) in [6.45, 7) is 3.91. The first kappa shape index (κ1) is 17.3. The number of fused-ring (bicyclic) bond motifs is 1. The number of nitrogens with zero attached hydrogens (tertiary/aromatic N) is 3. The van der Waals surface area contributed by atoms with Crippen LogP contribution < -0.4 is 15.5 Å². The summed E-state index contributed by atoms with van der Waals surface area (Å²) in [7, 11) is 1.65. The quantitative estimate of drug-likeness (QED) is 0.720. The summed E-state index contributed by atoms with van der Waals surface area (Å²) in [5, 5.41) is 9.85. The largest absolute Gasteiger partial charge is 0.383 e. The van der Waals surface area contributed by atoms with Gasteiger partial charge in [-0.15, -0.1) is 0 Å². The molecule has 0 saturated carbocycles. The number of benzene rings is 1. The third kappa shape index (κ3) is 4.73. The maximum atomic E-state index is 11.9. The Morgan fingerprint density at radius 1 is 1.32 bits per heavy atom. The van der Waals surface area contributed by atoms with Crippen LogP contribution in [0.4, 0.5) is 16.2 Å². The van der Waals surface area contributed by atoms with Gasteiger partial charge in [0.1, 0.15) is 0 Å². The Bertz CT molecular complexity index is 700. The van der Waals surface area contributed by atoms with Crippen LogP contribution in [-0.2, 0) is 17.7 Å². The van der Waals surface area contributed by atoms with Crippen molar-refractivity contribution in [3.8, 4) is 0 Å². The van der Waals surface area contributed by atoms with Crippen molar-refractivity contribution in [3.63, 3.8) is 0 Å². The Morgan fingerprint density at radius 3 is 3.08 bits per heavy atom. The fraction of sp³-hybridized carbons (Fsp3) is 0.444. The lowest BCUT2D eigenvalue weighted by Crippen LogP contribution is -2.32. The first-order valence-electron chi connectivity index (χ1n) is 8.65. The van der Waals surface area contributed by atoms with Crippen LogP contribution in [0.15, 0.2) is 36.7 Å². The fourth-order valence-electron chi connectivity index (χ4n) is 3.02. The number of hydrogen-bond acceptors (Lipinski definition) is 4. The molecular weight excluding hydrogens is 318 g/mol. The molecule has 2 heterocycles. The summed E-state index contributed by atoms with van der Waals surface area (Å²) in [6.07, 6.45) is 5.45. The predicted octanol–water partition coefficient (Wildman–Crippen LogP) is 2.10. The van der Waals surface area contributed by atoms with Crippen LogP contribution in [0.25, 0.3) is 0 Å². The van der Waals surface area contributed by atoms with Crippen LogP contribution in [0.5, 0.6) is 0 Å². The number of ether oxygens (including phenoxy) is 1. The van der Waals surface area contributed by atoms with E-state index in [9.17, 15) is 4.79 Å². The smallest absolute Gasteiger partial charge is 0.319 e. The fourth-order valence-corrected chi connectivity index (χ4v) is 3.02. The Morgan fingerprint density at radius 2 is 2.20 bits per heavy atom. The van der Waals surface area contributed by atoms with Crippen molar-refractivity contribution in [1.29, 1.82) is 0 Å². The van der Waals surface area contributed by atoms with Crippen molar-refractivity contribution in [1.82, 2.24) is 15.1 Å². The molecule has 25 heavy (non-hydrogen) atoms. The average Bonchev–Trinajstić information content (AvgIpc) is 3.24. The van der Waals surface area contributed by atoms with Gasteiger partial charge in [0.05, 0.1) is 25.0 Å². The summed E-state index contributed by atoms with van der Waals surface area (Å²) in [6, 6.07) is 8.33. The van der Waals surface area contributed by atoms with Crippen molar-refractivity contribution < 1.29 is 9.53 Å². The van der Waals surface area contributed by atoms with E-state index in [0.717, 1.165) is 25.9 Å². The van der Waals surface area contributed by atoms with Crippen LogP contribution in [0.2, 0.25) is 0 Å². The standard InChI is InChI=1S/C18H25N5O2/c1-25-12-11-23-14-16(13-20-23)21-18(24)19-8-4-9-22-10-7-15-5-2-3-6-17(15)22/h2-3,5-6,13-14H,4,7-12H2,1H3,(H2,19,21,24). The average molecular weight is 343 g/mol. The van der Waals surface area contributed by atoms with Gasteiger partial charge in [0.15, 0.2) is 0 Å². The van der Waals surface area contributed by atoms with Gasteiger partial charge in [-0.05, 0) is 24.5 Å². The molecule has 1 aliphatic heterocycles. The molecular formula is C18H25N5O2. The molecule has 0 unspecified atom stereocenters. The number of carbonyl (C=O) groups is 1. The van der Waals surface area contributed by atoms with E-state index in [1.807, 2.05) is 0 Å². The molecule has 3 rings (SSSR count). The number of para-hydroxylation sites is 1. The highest BCUT2D eigenvalue weighted by Gasteiger charge is 2.17. The van der Waals surface area contributed by atoms with E-state index in [1.54, 1.807) is 24.2 Å². The summed E-state index contributed by atoms with van der Waals surface area (Å²) in [5.74, 6) is 0. The molecule has 1 aromatic carbocycles. The molecule has 0 aliphatic carbocycles. The third-order valence-corrected chi connectivity index (χ3v) is 4.29. The minimum atomic E-state index is -0.201. The van der Waals surface area contributed by atoms with Crippen molar-refractivity contribution in [3.05, 3.63) is 42.2 Å². The monoisotopic (exact) mass is 343 g/mol. The number of anilines is 2. The summed E-state index contributed by atoms with van der Waals surface area (Å²) in [5.41, 5.74) is 3.43. The van der Waals surface area contributed by atoms with E-state index in [1.165, 1.54) is 11.3 Å². The lowest BCUT2D eigenvalue weighted by molar-refractivity contribution is 0.183. The minimum absolute atomic E-state index is 0.201. The Balaban J connectivity index is 1.35. The van der Waals surface area contributed by atoms with Crippen LogP contribution in [0.1, 0.15) is 12.0 Å². The zero-order valence-electron chi connectivity index (χ0n) is 14.6. The maximum absolute atomic E-state index is 11.9. The molecule has 2 N–H and O–H groups in total. The Kier molecular flexibility index (Phi) is 5.90. The molecule has 0 atom stereocenters. The van der Waals surface area contributed by atoms with Gasteiger partial charge in [0.25, 0.3) is 0 Å². The first-order chi connectivity index (χ1) is 12.3. The molecule has 1 aromatic heterocycles. The van der Waals surface area contributed by atoms with Crippen molar-refractivity contribution in [2.24, 2.45) is 0 Å². The second-order valence-electron chi connectivity index (χ2n) is 6.09. The number of rotatable bonds is 8. The second-order valence-corrected chi connectivity index (χ2v) is 6.09. The number of hydrogen-bond donors (Lipinski definition) is 2. The van der Waals surface area contributed by atoms with Gasteiger partial charge in [-0.1, -0.05) is 18.2 Å². The summed E-state index contributed by atoms with van der Waals surface area (Å²) in [4.78, 5) is 14.3. The Hall–Kier alpha value is -2.54. The lowest BCUT2D eigenvalue weighted by atomic mass is 10.2. The summed E-state index contributed by atoms with van der Waals surface area (Å²) < 4.78 is 6.74. The predicted molar refractivity (Wildman–Crippen MR) is 98.1 cm³/mol. The molecule has 0 spiro atoms. The van der Waals surface area contributed by atoms with Gasteiger partial charge < -0.3 is 20.3 Å². The van der Waals surface area contributed by atoms with Crippen LogP contribution in [0, 0.1) is 0 Å². The zero-order chi connectivity index (χ0) is 17.5. The van der Waals surface area contributed by atoms with Gasteiger partial charge in [-0.3, -0.25) is 4.68 Å². The zero-order valence-corrected chi connectivity index (χ0v) is 14.6. The topological polar surface area (TPSA) is 71.4 Å². The number of methoxy groups -OCH3 is 1. The normalized spacial score (nSPS) is 12.9. The van der Waals surface area contributed by atoms with Gasteiger partial charge in [0.2, 0.25) is 0 Å². The van der Waals surface area contributed by atoms with Gasteiger partial charge in [0, 0.05) is 38.6 Å². The highest BCUT2D eigenvalue weighted by molar-refractivity contribution is 5.88. The van der Waals surface area contributed by atoms with E-state index < -0.39 is 0 Å². The first-order valence-corrected chi connectivity index (χ1v) is 8.65. The highest BCUT2D eigenvalue weighted by atomic mass is 16.5. The van der Waals surface area contributed by atoms with E-state index in [2.05, 4.69) is 44.9 Å². The van der Waals surface area contributed by atoms with Crippen LogP contribution in [-0.4, -0.2) is 49.2 Å². The number of carbonyl (C=O) groups excluding carboxylic acids is 1. The number of aromatic nitrogens is 2. The summed E-state index contributed by atoms with van der Waals surface area (Å²) >= 11 is 0. The van der Waals surface area contributed by atoms with E-state index in [0.29, 0.717) is 25.4 Å². The SMILES string of the molecule is COCCn1cc(NC(=O)NCCCN2CCc3ccccc32)cn1. The molecule has 0 bridgehead atoms.